The molecule has 1 aromatic heterocycles. The molecule has 0 aliphatic rings. The third-order valence-electron chi connectivity index (χ3n) is 2.10. The number of nitrogens with zero attached hydrogens (tertiary/aromatic N) is 1. The monoisotopic (exact) mass is 343 g/mol. The SMILES string of the molecule is O=C(O)c1cc(Br)ccc1Sc1ncccc1Cl. The average Bonchev–Trinajstić information content (AvgIpc) is 2.34. The summed E-state index contributed by atoms with van der Waals surface area (Å²) in [7, 11) is 0. The fourth-order valence-electron chi connectivity index (χ4n) is 1.31. The quantitative estimate of drug-likeness (QED) is 0.899. The van der Waals surface area contributed by atoms with Gasteiger partial charge in [0.1, 0.15) is 5.03 Å². The number of halogens is 2. The van der Waals surface area contributed by atoms with Crippen LogP contribution in [0.4, 0.5) is 0 Å². The lowest BCUT2D eigenvalue weighted by Crippen LogP contribution is -1.98. The number of benzene rings is 1. The molecule has 0 atom stereocenters. The number of carboxylic acids is 1. The van der Waals surface area contributed by atoms with E-state index in [-0.39, 0.29) is 5.56 Å². The number of aromatic nitrogens is 1. The van der Waals surface area contributed by atoms with Crippen molar-refractivity contribution >= 4 is 45.3 Å². The summed E-state index contributed by atoms with van der Waals surface area (Å²) in [5.41, 5.74) is 0.219. The smallest absolute Gasteiger partial charge is 0.336 e. The van der Waals surface area contributed by atoms with E-state index in [1.807, 2.05) is 0 Å². The Balaban J connectivity index is 2.41. The molecule has 92 valence electrons. The molecule has 0 aliphatic heterocycles. The second-order valence-corrected chi connectivity index (χ2v) is 5.69. The molecule has 0 unspecified atom stereocenters. The van der Waals surface area contributed by atoms with Gasteiger partial charge in [0.25, 0.3) is 0 Å². The zero-order valence-electron chi connectivity index (χ0n) is 8.93. The van der Waals surface area contributed by atoms with Crippen LogP contribution < -0.4 is 0 Å². The maximum Gasteiger partial charge on any atom is 0.336 e. The van der Waals surface area contributed by atoms with Crippen molar-refractivity contribution in [2.24, 2.45) is 0 Å². The van der Waals surface area contributed by atoms with Crippen molar-refractivity contribution in [1.82, 2.24) is 4.98 Å². The molecule has 0 spiro atoms. The molecule has 1 aromatic carbocycles. The van der Waals surface area contributed by atoms with Crippen LogP contribution in [0.25, 0.3) is 0 Å². The molecule has 2 rings (SSSR count). The predicted octanol–water partition coefficient (Wildman–Crippen LogP) is 4.35. The summed E-state index contributed by atoms with van der Waals surface area (Å²) < 4.78 is 0.719. The fraction of sp³-hybridized carbons (Fsp3) is 0. The molecule has 1 heterocycles. The van der Waals surface area contributed by atoms with Gasteiger partial charge in [0, 0.05) is 15.6 Å². The number of carbonyl (C=O) groups is 1. The highest BCUT2D eigenvalue weighted by atomic mass is 79.9. The van der Waals surface area contributed by atoms with Crippen molar-refractivity contribution in [2.75, 3.05) is 0 Å². The van der Waals surface area contributed by atoms with Gasteiger partial charge in [-0.1, -0.05) is 39.3 Å². The van der Waals surface area contributed by atoms with Crippen LogP contribution in [0.15, 0.2) is 50.9 Å². The van der Waals surface area contributed by atoms with Crippen LogP contribution in [0.1, 0.15) is 10.4 Å². The molecule has 2 aromatic rings. The number of pyridine rings is 1. The molecular weight excluding hydrogens is 338 g/mol. The largest absolute Gasteiger partial charge is 0.478 e. The standard InChI is InChI=1S/C12H7BrClNO2S/c13-7-3-4-10(8(6-7)12(16)17)18-11-9(14)2-1-5-15-11/h1-6H,(H,16,17). The topological polar surface area (TPSA) is 50.2 Å². The van der Waals surface area contributed by atoms with E-state index in [0.29, 0.717) is 14.9 Å². The predicted molar refractivity (Wildman–Crippen MR) is 74.5 cm³/mol. The van der Waals surface area contributed by atoms with E-state index >= 15 is 0 Å². The second-order valence-electron chi connectivity index (χ2n) is 3.34. The normalized spacial score (nSPS) is 10.3. The van der Waals surface area contributed by atoms with Crippen LogP contribution in [-0.4, -0.2) is 16.1 Å². The summed E-state index contributed by atoms with van der Waals surface area (Å²) in [6, 6.07) is 8.51. The molecule has 3 nitrogen and oxygen atoms in total. The first kappa shape index (κ1) is 13.4. The van der Waals surface area contributed by atoms with Crippen molar-refractivity contribution in [1.29, 1.82) is 0 Å². The Morgan fingerprint density at radius 1 is 1.39 bits per heavy atom. The van der Waals surface area contributed by atoms with Crippen molar-refractivity contribution in [2.45, 2.75) is 9.92 Å². The molecule has 0 bridgehead atoms. The number of hydrogen-bond donors (Lipinski definition) is 1. The maximum atomic E-state index is 11.2. The minimum atomic E-state index is -0.981. The molecule has 0 amide bonds. The molecule has 0 fully saturated rings. The number of aromatic carboxylic acids is 1. The first-order chi connectivity index (χ1) is 8.58. The van der Waals surface area contributed by atoms with Crippen LogP contribution in [-0.2, 0) is 0 Å². The van der Waals surface area contributed by atoms with E-state index in [0.717, 1.165) is 4.47 Å². The molecule has 0 saturated heterocycles. The summed E-state index contributed by atoms with van der Waals surface area (Å²) in [5.74, 6) is -0.981. The highest BCUT2D eigenvalue weighted by Crippen LogP contribution is 2.34. The Morgan fingerprint density at radius 2 is 2.17 bits per heavy atom. The average molecular weight is 345 g/mol. The Labute approximate surface area is 121 Å². The molecule has 0 saturated carbocycles. The zero-order valence-corrected chi connectivity index (χ0v) is 12.1. The van der Waals surface area contributed by atoms with Gasteiger partial charge < -0.3 is 5.11 Å². The summed E-state index contributed by atoms with van der Waals surface area (Å²) in [4.78, 5) is 15.9. The van der Waals surface area contributed by atoms with Gasteiger partial charge in [-0.2, -0.15) is 0 Å². The lowest BCUT2D eigenvalue weighted by atomic mass is 10.2. The van der Waals surface area contributed by atoms with Gasteiger partial charge in [0.05, 0.1) is 10.6 Å². The molecule has 1 N–H and O–H groups in total. The Bertz CT molecular complexity index is 606. The molecule has 0 aliphatic carbocycles. The van der Waals surface area contributed by atoms with Gasteiger partial charge in [-0.25, -0.2) is 9.78 Å². The van der Waals surface area contributed by atoms with Crippen LogP contribution in [0, 0.1) is 0 Å². The number of rotatable bonds is 3. The molecular formula is C12H7BrClNO2S. The van der Waals surface area contributed by atoms with Crippen LogP contribution >= 0.6 is 39.3 Å². The minimum Gasteiger partial charge on any atom is -0.478 e. The van der Waals surface area contributed by atoms with Crippen molar-refractivity contribution in [3.05, 3.63) is 51.6 Å². The van der Waals surface area contributed by atoms with E-state index in [1.165, 1.54) is 11.8 Å². The lowest BCUT2D eigenvalue weighted by Gasteiger charge is -2.06. The first-order valence-corrected chi connectivity index (χ1v) is 6.88. The van der Waals surface area contributed by atoms with Crippen LogP contribution in [0.3, 0.4) is 0 Å². The van der Waals surface area contributed by atoms with Gasteiger partial charge in [0.2, 0.25) is 0 Å². The third-order valence-corrected chi connectivity index (χ3v) is 4.11. The van der Waals surface area contributed by atoms with Crippen molar-refractivity contribution in [3.63, 3.8) is 0 Å². The van der Waals surface area contributed by atoms with E-state index < -0.39 is 5.97 Å². The Kier molecular flexibility index (Phi) is 4.27. The van der Waals surface area contributed by atoms with Gasteiger partial charge in [-0.05, 0) is 30.3 Å². The third kappa shape index (κ3) is 3.04. The molecule has 18 heavy (non-hydrogen) atoms. The van der Waals surface area contributed by atoms with Crippen LogP contribution in [0.2, 0.25) is 5.02 Å². The molecule has 6 heteroatoms. The summed E-state index contributed by atoms with van der Waals surface area (Å²) in [5, 5.41) is 10.2. The van der Waals surface area contributed by atoms with E-state index in [9.17, 15) is 4.79 Å². The number of carboxylic acid groups (broad SMARTS) is 1. The second kappa shape index (κ2) is 5.73. The van der Waals surface area contributed by atoms with Gasteiger partial charge >= 0.3 is 5.97 Å². The summed E-state index contributed by atoms with van der Waals surface area (Å²) in [6.45, 7) is 0. The lowest BCUT2D eigenvalue weighted by molar-refractivity contribution is 0.0693. The molecule has 0 radical (unpaired) electrons. The highest BCUT2D eigenvalue weighted by Gasteiger charge is 2.13. The summed E-state index contributed by atoms with van der Waals surface area (Å²) in [6.07, 6.45) is 1.62. The van der Waals surface area contributed by atoms with Crippen molar-refractivity contribution < 1.29 is 9.90 Å². The van der Waals surface area contributed by atoms with Gasteiger partial charge in [-0.3, -0.25) is 0 Å². The zero-order chi connectivity index (χ0) is 13.1. The van der Waals surface area contributed by atoms with Gasteiger partial charge in [-0.15, -0.1) is 0 Å². The van der Waals surface area contributed by atoms with Crippen LogP contribution in [0.5, 0.6) is 0 Å². The fourth-order valence-corrected chi connectivity index (χ4v) is 2.79. The Hall–Kier alpha value is -1.04. The van der Waals surface area contributed by atoms with E-state index in [2.05, 4.69) is 20.9 Å². The number of hydrogen-bond acceptors (Lipinski definition) is 3. The van der Waals surface area contributed by atoms with Gasteiger partial charge in [0.15, 0.2) is 0 Å². The minimum absolute atomic E-state index is 0.219. The maximum absolute atomic E-state index is 11.2. The van der Waals surface area contributed by atoms with E-state index in [1.54, 1.807) is 36.5 Å². The van der Waals surface area contributed by atoms with E-state index in [4.69, 9.17) is 16.7 Å². The first-order valence-electron chi connectivity index (χ1n) is 4.89. The highest BCUT2D eigenvalue weighted by molar-refractivity contribution is 9.10. The van der Waals surface area contributed by atoms with Crippen molar-refractivity contribution in [3.8, 4) is 0 Å². The Morgan fingerprint density at radius 3 is 2.83 bits per heavy atom. The summed E-state index contributed by atoms with van der Waals surface area (Å²) >= 11 is 10.5.